The lowest BCUT2D eigenvalue weighted by molar-refractivity contribution is 0.0919. The minimum Gasteiger partial charge on any atom is -0.406 e. The van der Waals surface area contributed by atoms with E-state index < -0.39 is 0 Å². The fourth-order valence-electron chi connectivity index (χ4n) is 3.81. The molecular weight excluding hydrogens is 380 g/mol. The van der Waals surface area contributed by atoms with Gasteiger partial charge >= 0.3 is 5.76 Å². The molecule has 3 heterocycles. The number of nitrogens with zero attached hydrogens (tertiary/aromatic N) is 3. The van der Waals surface area contributed by atoms with Crippen molar-refractivity contribution < 1.29 is 9.21 Å². The molecule has 8 heteroatoms. The van der Waals surface area contributed by atoms with E-state index in [1.54, 1.807) is 35.9 Å². The first-order valence-corrected chi connectivity index (χ1v) is 9.76. The molecular formula is C20H21ClN4O3. The van der Waals surface area contributed by atoms with Gasteiger partial charge in [-0.2, -0.15) is 0 Å². The predicted octanol–water partition coefficient (Wildman–Crippen LogP) is 3.34. The van der Waals surface area contributed by atoms with Gasteiger partial charge in [-0.05, 0) is 56.7 Å². The molecule has 1 fully saturated rings. The summed E-state index contributed by atoms with van der Waals surface area (Å²) in [6.07, 6.45) is 6.76. The van der Waals surface area contributed by atoms with E-state index in [1.165, 1.54) is 6.20 Å². The molecule has 0 bridgehead atoms. The van der Waals surface area contributed by atoms with Crippen LogP contribution in [0.3, 0.4) is 0 Å². The highest BCUT2D eigenvalue weighted by Crippen LogP contribution is 2.27. The molecule has 28 heavy (non-hydrogen) atoms. The van der Waals surface area contributed by atoms with Gasteiger partial charge in [-0.3, -0.25) is 14.3 Å². The third kappa shape index (κ3) is 3.80. The van der Waals surface area contributed by atoms with Gasteiger partial charge in [-0.1, -0.05) is 11.6 Å². The van der Waals surface area contributed by atoms with Crippen LogP contribution in [-0.2, 0) is 6.54 Å². The van der Waals surface area contributed by atoms with Crippen molar-refractivity contribution in [3.05, 3.63) is 57.4 Å². The van der Waals surface area contributed by atoms with E-state index in [0.29, 0.717) is 40.0 Å². The van der Waals surface area contributed by atoms with Crippen molar-refractivity contribution >= 4 is 28.7 Å². The SMILES string of the molecule is Cc1ncc(Cl)cc1C(=O)N[C@H]1CC[C@H](Cn2c(=O)oc3cccnc32)CC1. The monoisotopic (exact) mass is 400 g/mol. The standard InChI is InChI=1S/C20H21ClN4O3/c1-12-16(9-14(21)10-23-12)19(26)24-15-6-4-13(5-7-15)11-25-18-17(28-20(25)27)3-2-8-22-18/h2-3,8-10,13,15H,4-7,11H2,1H3,(H,24,26)/t13-,15-. The zero-order valence-electron chi connectivity index (χ0n) is 15.5. The van der Waals surface area contributed by atoms with Crippen LogP contribution < -0.4 is 11.1 Å². The van der Waals surface area contributed by atoms with Crippen molar-refractivity contribution in [2.24, 2.45) is 5.92 Å². The van der Waals surface area contributed by atoms with Gasteiger partial charge in [0, 0.05) is 25.0 Å². The Hall–Kier alpha value is -2.67. The summed E-state index contributed by atoms with van der Waals surface area (Å²) in [7, 11) is 0. The minimum absolute atomic E-state index is 0.109. The molecule has 3 aromatic heterocycles. The van der Waals surface area contributed by atoms with E-state index in [4.69, 9.17) is 16.0 Å². The number of hydrogen-bond acceptors (Lipinski definition) is 5. The van der Waals surface area contributed by atoms with Crippen LogP contribution in [0.4, 0.5) is 0 Å². The van der Waals surface area contributed by atoms with Crippen molar-refractivity contribution in [2.45, 2.75) is 45.2 Å². The number of amides is 1. The molecule has 0 saturated heterocycles. The van der Waals surface area contributed by atoms with Crippen molar-refractivity contribution in [1.82, 2.24) is 19.9 Å². The summed E-state index contributed by atoms with van der Waals surface area (Å²) < 4.78 is 6.87. The Bertz CT molecular complexity index is 1070. The maximum Gasteiger partial charge on any atom is 0.421 e. The number of carbonyl (C=O) groups excluding carboxylic acids is 1. The summed E-state index contributed by atoms with van der Waals surface area (Å²) in [5.41, 5.74) is 2.28. The summed E-state index contributed by atoms with van der Waals surface area (Å²) in [4.78, 5) is 33.1. The van der Waals surface area contributed by atoms with Crippen LogP contribution in [0.2, 0.25) is 5.02 Å². The number of aromatic nitrogens is 3. The van der Waals surface area contributed by atoms with Crippen LogP contribution in [0.5, 0.6) is 0 Å². The predicted molar refractivity (Wildman–Crippen MR) is 105 cm³/mol. The van der Waals surface area contributed by atoms with Crippen LogP contribution in [0, 0.1) is 12.8 Å². The van der Waals surface area contributed by atoms with E-state index in [2.05, 4.69) is 15.3 Å². The second-order valence-corrected chi connectivity index (χ2v) is 7.72. The Labute approximate surface area is 166 Å². The Kier molecular flexibility index (Phi) is 5.17. The molecule has 4 rings (SSSR count). The van der Waals surface area contributed by atoms with Gasteiger partial charge < -0.3 is 9.73 Å². The maximum absolute atomic E-state index is 12.5. The van der Waals surface area contributed by atoms with Crippen molar-refractivity contribution in [2.75, 3.05) is 0 Å². The fraction of sp³-hybridized carbons (Fsp3) is 0.400. The van der Waals surface area contributed by atoms with E-state index in [1.807, 2.05) is 0 Å². The Morgan fingerprint density at radius 1 is 1.32 bits per heavy atom. The molecule has 1 aliphatic rings. The number of aryl methyl sites for hydroxylation is 1. The molecule has 1 aliphatic carbocycles. The smallest absolute Gasteiger partial charge is 0.406 e. The van der Waals surface area contributed by atoms with Crippen molar-refractivity contribution in [1.29, 1.82) is 0 Å². The second-order valence-electron chi connectivity index (χ2n) is 7.28. The molecule has 1 N–H and O–H groups in total. The third-order valence-electron chi connectivity index (χ3n) is 5.35. The maximum atomic E-state index is 12.5. The molecule has 0 aromatic carbocycles. The van der Waals surface area contributed by atoms with Gasteiger partial charge in [0.05, 0.1) is 16.3 Å². The fourth-order valence-corrected chi connectivity index (χ4v) is 3.97. The van der Waals surface area contributed by atoms with Gasteiger partial charge in [-0.25, -0.2) is 9.78 Å². The summed E-state index contributed by atoms with van der Waals surface area (Å²) in [5.74, 6) is -0.159. The van der Waals surface area contributed by atoms with Crippen molar-refractivity contribution in [3.63, 3.8) is 0 Å². The molecule has 1 amide bonds. The van der Waals surface area contributed by atoms with Crippen LogP contribution in [-0.4, -0.2) is 26.5 Å². The number of pyridine rings is 2. The van der Waals surface area contributed by atoms with Gasteiger partial charge in [-0.15, -0.1) is 0 Å². The first-order valence-electron chi connectivity index (χ1n) is 9.38. The Morgan fingerprint density at radius 2 is 2.11 bits per heavy atom. The summed E-state index contributed by atoms with van der Waals surface area (Å²) in [5, 5.41) is 3.54. The molecule has 0 unspecified atom stereocenters. The summed E-state index contributed by atoms with van der Waals surface area (Å²) in [6.45, 7) is 2.38. The van der Waals surface area contributed by atoms with Gasteiger partial charge in [0.2, 0.25) is 0 Å². The number of hydrogen-bond donors (Lipinski definition) is 1. The third-order valence-corrected chi connectivity index (χ3v) is 5.55. The molecule has 0 atom stereocenters. The first-order chi connectivity index (χ1) is 13.5. The second kappa shape index (κ2) is 7.75. The van der Waals surface area contributed by atoms with Crippen LogP contribution >= 0.6 is 11.6 Å². The molecule has 146 valence electrons. The Balaban J connectivity index is 1.37. The Morgan fingerprint density at radius 3 is 2.89 bits per heavy atom. The van der Waals surface area contributed by atoms with E-state index in [9.17, 15) is 9.59 Å². The normalized spacial score (nSPS) is 19.6. The summed E-state index contributed by atoms with van der Waals surface area (Å²) >= 11 is 5.96. The highest BCUT2D eigenvalue weighted by atomic mass is 35.5. The molecule has 3 aromatic rings. The molecule has 1 saturated carbocycles. The highest BCUT2D eigenvalue weighted by Gasteiger charge is 2.25. The van der Waals surface area contributed by atoms with E-state index >= 15 is 0 Å². The topological polar surface area (TPSA) is 90.0 Å². The molecule has 0 radical (unpaired) electrons. The zero-order valence-corrected chi connectivity index (χ0v) is 16.3. The van der Waals surface area contributed by atoms with E-state index in [0.717, 1.165) is 25.7 Å². The number of oxazole rings is 1. The summed E-state index contributed by atoms with van der Waals surface area (Å²) in [6, 6.07) is 5.26. The number of fused-ring (bicyclic) bond motifs is 1. The van der Waals surface area contributed by atoms with E-state index in [-0.39, 0.29) is 17.7 Å². The molecule has 0 spiro atoms. The number of halogens is 1. The average Bonchev–Trinajstić information content (AvgIpc) is 3.00. The quantitative estimate of drug-likeness (QED) is 0.725. The average molecular weight is 401 g/mol. The lowest BCUT2D eigenvalue weighted by atomic mass is 9.86. The number of rotatable bonds is 4. The number of nitrogens with one attached hydrogen (secondary N) is 1. The zero-order chi connectivity index (χ0) is 19.7. The molecule has 7 nitrogen and oxygen atoms in total. The lowest BCUT2D eigenvalue weighted by Crippen LogP contribution is -2.38. The van der Waals surface area contributed by atoms with Crippen LogP contribution in [0.1, 0.15) is 41.7 Å². The highest BCUT2D eigenvalue weighted by molar-refractivity contribution is 6.30. The largest absolute Gasteiger partial charge is 0.421 e. The minimum atomic E-state index is -0.368. The van der Waals surface area contributed by atoms with Crippen LogP contribution in [0.15, 0.2) is 39.8 Å². The van der Waals surface area contributed by atoms with Gasteiger partial charge in [0.25, 0.3) is 5.91 Å². The van der Waals surface area contributed by atoms with Crippen LogP contribution in [0.25, 0.3) is 11.2 Å². The van der Waals surface area contributed by atoms with Gasteiger partial charge in [0.1, 0.15) is 0 Å². The van der Waals surface area contributed by atoms with Crippen molar-refractivity contribution in [3.8, 4) is 0 Å². The van der Waals surface area contributed by atoms with Gasteiger partial charge in [0.15, 0.2) is 11.2 Å². The molecule has 0 aliphatic heterocycles. The first kappa shape index (κ1) is 18.7. The number of carbonyl (C=O) groups is 1. The lowest BCUT2D eigenvalue weighted by Gasteiger charge is -2.29.